The Bertz CT molecular complexity index is 624. The molecule has 0 aromatic heterocycles. The fourth-order valence-electron chi connectivity index (χ4n) is 1.74. The third kappa shape index (κ3) is 5.18. The summed E-state index contributed by atoms with van der Waals surface area (Å²) >= 11 is 0. The minimum absolute atomic E-state index is 0.0281. The molecule has 0 saturated carbocycles. The van der Waals surface area contributed by atoms with Crippen LogP contribution in [0.4, 0.5) is 0 Å². The number of carboxylic acid groups (broad SMARTS) is 1. The standard InChI is InChI=1S/C14H19NO5S/c1-3-12(14(17)18)15-13(16)11-7-5-6-10(8-11)9-21(19,20)4-2/h5-8,12H,3-4,9H2,1-2H3,(H,15,16)(H,17,18). The van der Waals surface area contributed by atoms with Crippen LogP contribution in [0.2, 0.25) is 0 Å². The van der Waals surface area contributed by atoms with Crippen LogP contribution in [0.1, 0.15) is 36.2 Å². The van der Waals surface area contributed by atoms with Gasteiger partial charge in [0.15, 0.2) is 9.84 Å². The molecule has 21 heavy (non-hydrogen) atoms. The lowest BCUT2D eigenvalue weighted by molar-refractivity contribution is -0.139. The predicted molar refractivity (Wildman–Crippen MR) is 78.8 cm³/mol. The van der Waals surface area contributed by atoms with Gasteiger partial charge in [-0.05, 0) is 24.1 Å². The van der Waals surface area contributed by atoms with Gasteiger partial charge in [-0.15, -0.1) is 0 Å². The lowest BCUT2D eigenvalue weighted by Crippen LogP contribution is -2.40. The first-order valence-corrected chi connectivity index (χ1v) is 8.44. The Morgan fingerprint density at radius 1 is 1.29 bits per heavy atom. The first kappa shape index (κ1) is 17.2. The minimum atomic E-state index is -3.18. The lowest BCUT2D eigenvalue weighted by Gasteiger charge is -2.12. The molecule has 0 aliphatic heterocycles. The van der Waals surface area contributed by atoms with Gasteiger partial charge in [-0.25, -0.2) is 13.2 Å². The van der Waals surface area contributed by atoms with Crippen molar-refractivity contribution >= 4 is 21.7 Å². The molecule has 1 amide bonds. The predicted octanol–water partition coefficient (Wildman–Crippen LogP) is 1.21. The smallest absolute Gasteiger partial charge is 0.326 e. The van der Waals surface area contributed by atoms with Crippen LogP contribution in [-0.4, -0.2) is 37.2 Å². The number of amides is 1. The maximum atomic E-state index is 12.0. The molecule has 2 N–H and O–H groups in total. The topological polar surface area (TPSA) is 101 Å². The van der Waals surface area contributed by atoms with Crippen LogP contribution >= 0.6 is 0 Å². The molecule has 0 heterocycles. The number of sulfone groups is 1. The number of aliphatic carboxylic acids is 1. The first-order valence-electron chi connectivity index (χ1n) is 6.62. The van der Waals surface area contributed by atoms with E-state index in [1.807, 2.05) is 0 Å². The maximum absolute atomic E-state index is 12.0. The molecule has 0 aliphatic rings. The maximum Gasteiger partial charge on any atom is 0.326 e. The summed E-state index contributed by atoms with van der Waals surface area (Å²) in [7, 11) is -3.18. The average Bonchev–Trinajstić information content (AvgIpc) is 2.44. The molecule has 0 bridgehead atoms. The molecular weight excluding hydrogens is 294 g/mol. The highest BCUT2D eigenvalue weighted by Gasteiger charge is 2.19. The van der Waals surface area contributed by atoms with Crippen LogP contribution < -0.4 is 5.32 Å². The molecule has 0 spiro atoms. The van der Waals surface area contributed by atoms with Gasteiger partial charge in [0.2, 0.25) is 0 Å². The molecule has 1 aromatic carbocycles. The molecule has 1 rings (SSSR count). The molecule has 6 nitrogen and oxygen atoms in total. The Balaban J connectivity index is 2.89. The molecular formula is C14H19NO5S. The van der Waals surface area contributed by atoms with E-state index in [0.29, 0.717) is 5.56 Å². The van der Waals surface area contributed by atoms with Gasteiger partial charge in [0.25, 0.3) is 5.91 Å². The molecule has 0 aliphatic carbocycles. The zero-order valence-corrected chi connectivity index (χ0v) is 12.8. The van der Waals surface area contributed by atoms with Gasteiger partial charge in [0.05, 0.1) is 5.75 Å². The lowest BCUT2D eigenvalue weighted by atomic mass is 10.1. The fourth-order valence-corrected chi connectivity index (χ4v) is 2.63. The fraction of sp³-hybridized carbons (Fsp3) is 0.429. The Morgan fingerprint density at radius 2 is 1.95 bits per heavy atom. The summed E-state index contributed by atoms with van der Waals surface area (Å²) in [6, 6.07) is 5.24. The van der Waals surface area contributed by atoms with E-state index in [1.165, 1.54) is 12.1 Å². The van der Waals surface area contributed by atoms with Gasteiger partial charge in [-0.2, -0.15) is 0 Å². The molecule has 0 saturated heterocycles. The third-order valence-electron chi connectivity index (χ3n) is 3.03. The van der Waals surface area contributed by atoms with E-state index in [0.717, 1.165) is 0 Å². The number of carboxylic acids is 1. The molecule has 116 valence electrons. The van der Waals surface area contributed by atoms with Crippen molar-refractivity contribution in [2.75, 3.05) is 5.75 Å². The highest BCUT2D eigenvalue weighted by Crippen LogP contribution is 2.10. The summed E-state index contributed by atoms with van der Waals surface area (Å²) in [5.74, 6) is -1.74. The second-order valence-corrected chi connectivity index (χ2v) is 7.00. The quantitative estimate of drug-likeness (QED) is 0.788. The normalized spacial score (nSPS) is 12.7. The second-order valence-electron chi connectivity index (χ2n) is 4.65. The summed E-state index contributed by atoms with van der Waals surface area (Å²) in [5.41, 5.74) is 0.756. The number of hydrogen-bond acceptors (Lipinski definition) is 4. The van der Waals surface area contributed by atoms with Gasteiger partial charge in [-0.1, -0.05) is 26.0 Å². The Kier molecular flexibility index (Phi) is 5.90. The Morgan fingerprint density at radius 3 is 2.48 bits per heavy atom. The van der Waals surface area contributed by atoms with Crippen LogP contribution in [0, 0.1) is 0 Å². The van der Waals surface area contributed by atoms with Gasteiger partial charge in [0.1, 0.15) is 6.04 Å². The average molecular weight is 313 g/mol. The van der Waals surface area contributed by atoms with E-state index >= 15 is 0 Å². The number of rotatable bonds is 7. The van der Waals surface area contributed by atoms with Gasteiger partial charge < -0.3 is 10.4 Å². The van der Waals surface area contributed by atoms with E-state index in [1.54, 1.807) is 26.0 Å². The first-order chi connectivity index (χ1) is 9.79. The number of nitrogens with one attached hydrogen (secondary N) is 1. The molecule has 1 aromatic rings. The largest absolute Gasteiger partial charge is 0.480 e. The summed E-state index contributed by atoms with van der Waals surface area (Å²) < 4.78 is 23.2. The van der Waals surface area contributed by atoms with Crippen molar-refractivity contribution in [3.05, 3.63) is 35.4 Å². The van der Waals surface area contributed by atoms with Crippen molar-refractivity contribution in [3.63, 3.8) is 0 Å². The van der Waals surface area contributed by atoms with E-state index in [4.69, 9.17) is 5.11 Å². The van der Waals surface area contributed by atoms with Gasteiger partial charge in [0, 0.05) is 11.3 Å². The zero-order valence-electron chi connectivity index (χ0n) is 12.0. The van der Waals surface area contributed by atoms with Crippen molar-refractivity contribution in [2.24, 2.45) is 0 Å². The molecule has 0 fully saturated rings. The third-order valence-corrected chi connectivity index (χ3v) is 4.68. The number of carbonyl (C=O) groups is 2. The van der Waals surface area contributed by atoms with E-state index in [-0.39, 0.29) is 23.5 Å². The molecule has 1 unspecified atom stereocenters. The van der Waals surface area contributed by atoms with Gasteiger partial charge in [-0.3, -0.25) is 4.79 Å². The van der Waals surface area contributed by atoms with Crippen LogP contribution in [0.3, 0.4) is 0 Å². The molecule has 7 heteroatoms. The highest BCUT2D eigenvalue weighted by molar-refractivity contribution is 7.90. The number of benzene rings is 1. The Hall–Kier alpha value is -1.89. The van der Waals surface area contributed by atoms with Crippen LogP contribution in [0.25, 0.3) is 0 Å². The van der Waals surface area contributed by atoms with Crippen LogP contribution in [0.15, 0.2) is 24.3 Å². The SMILES string of the molecule is CCC(NC(=O)c1cccc(CS(=O)(=O)CC)c1)C(=O)O. The van der Waals surface area contributed by atoms with Crippen molar-refractivity contribution in [2.45, 2.75) is 32.1 Å². The highest BCUT2D eigenvalue weighted by atomic mass is 32.2. The summed E-state index contributed by atoms with van der Waals surface area (Å²) in [4.78, 5) is 22.9. The van der Waals surface area contributed by atoms with E-state index in [9.17, 15) is 18.0 Å². The van der Waals surface area contributed by atoms with Crippen molar-refractivity contribution < 1.29 is 23.1 Å². The number of hydrogen-bond donors (Lipinski definition) is 2. The van der Waals surface area contributed by atoms with Crippen molar-refractivity contribution in [1.82, 2.24) is 5.32 Å². The van der Waals surface area contributed by atoms with Crippen molar-refractivity contribution in [3.8, 4) is 0 Å². The van der Waals surface area contributed by atoms with Gasteiger partial charge >= 0.3 is 5.97 Å². The monoisotopic (exact) mass is 313 g/mol. The summed E-state index contributed by atoms with van der Waals surface area (Å²) in [5, 5.41) is 11.3. The van der Waals surface area contributed by atoms with Crippen molar-refractivity contribution in [1.29, 1.82) is 0 Å². The van der Waals surface area contributed by atoms with E-state index in [2.05, 4.69) is 5.32 Å². The van der Waals surface area contributed by atoms with Crippen LogP contribution in [0.5, 0.6) is 0 Å². The summed E-state index contributed by atoms with van der Waals surface area (Å²) in [6.45, 7) is 3.22. The number of carbonyl (C=O) groups excluding carboxylic acids is 1. The van der Waals surface area contributed by atoms with Crippen LogP contribution in [-0.2, 0) is 20.4 Å². The Labute approximate surface area is 124 Å². The van der Waals surface area contributed by atoms with E-state index < -0.39 is 27.8 Å². The minimum Gasteiger partial charge on any atom is -0.480 e. The zero-order chi connectivity index (χ0) is 16.0. The molecule has 1 atom stereocenters. The molecule has 0 radical (unpaired) electrons. The second kappa shape index (κ2) is 7.21. The summed E-state index contributed by atoms with van der Waals surface area (Å²) in [6.07, 6.45) is 0.269.